The molecule has 0 saturated heterocycles. The molecule has 11 nitrogen and oxygen atoms in total. The molecule has 1 rings (SSSR count). The van der Waals surface area contributed by atoms with Crippen LogP contribution in [0.4, 0.5) is 0 Å². The molecular weight excluding hydrogens is 450 g/mol. The summed E-state index contributed by atoms with van der Waals surface area (Å²) in [5.74, 6) is -4.68. The van der Waals surface area contributed by atoms with Crippen molar-refractivity contribution in [2.75, 3.05) is 5.75 Å². The second-order valence-corrected chi connectivity index (χ2v) is 8.21. The number of rotatable bonds is 13. The largest absolute Gasteiger partial charge is 0.480 e. The van der Waals surface area contributed by atoms with Crippen LogP contribution < -0.4 is 27.4 Å². The van der Waals surface area contributed by atoms with Crippen molar-refractivity contribution in [3.8, 4) is 0 Å². The Balaban J connectivity index is 2.99. The van der Waals surface area contributed by atoms with Crippen LogP contribution in [0.3, 0.4) is 0 Å². The molecule has 4 amide bonds. The number of carboxylic acid groups (broad SMARTS) is 1. The topological polar surface area (TPSA) is 194 Å². The molecule has 1 aromatic rings. The second-order valence-electron chi connectivity index (χ2n) is 7.84. The molecule has 0 saturated carbocycles. The first-order chi connectivity index (χ1) is 15.5. The number of thiol groups is 1. The molecule has 0 aliphatic rings. The third kappa shape index (κ3) is 9.49. The molecule has 12 heteroatoms. The highest BCUT2D eigenvalue weighted by molar-refractivity contribution is 7.80. The number of carbonyl (C=O) groups is 5. The molecule has 0 spiro atoms. The van der Waals surface area contributed by atoms with E-state index in [1.54, 1.807) is 44.2 Å². The summed E-state index contributed by atoms with van der Waals surface area (Å²) in [6, 6.07) is 4.11. The van der Waals surface area contributed by atoms with Gasteiger partial charge in [-0.15, -0.1) is 0 Å². The number of benzene rings is 1. The Morgan fingerprint density at radius 2 is 1.48 bits per heavy atom. The van der Waals surface area contributed by atoms with Crippen LogP contribution in [0.15, 0.2) is 30.3 Å². The molecular formula is C21H31N5O6S. The summed E-state index contributed by atoms with van der Waals surface area (Å²) < 4.78 is 0. The van der Waals surface area contributed by atoms with Crippen LogP contribution in [0, 0.1) is 5.92 Å². The summed E-state index contributed by atoms with van der Waals surface area (Å²) in [5.41, 5.74) is 11.5. The first-order valence-corrected chi connectivity index (χ1v) is 10.9. The number of primary amides is 1. The third-order valence-electron chi connectivity index (χ3n) is 4.72. The van der Waals surface area contributed by atoms with E-state index in [9.17, 15) is 29.1 Å². The van der Waals surface area contributed by atoms with E-state index in [2.05, 4.69) is 28.6 Å². The number of hydrogen-bond acceptors (Lipinski definition) is 7. The highest BCUT2D eigenvalue weighted by Crippen LogP contribution is 2.06. The molecule has 0 aliphatic heterocycles. The van der Waals surface area contributed by atoms with Crippen LogP contribution >= 0.6 is 12.6 Å². The van der Waals surface area contributed by atoms with Crippen LogP contribution in [0.25, 0.3) is 0 Å². The van der Waals surface area contributed by atoms with Gasteiger partial charge in [0.05, 0.1) is 12.5 Å². The Hall–Kier alpha value is -3.12. The highest BCUT2D eigenvalue weighted by atomic mass is 32.1. The molecule has 4 unspecified atom stereocenters. The lowest BCUT2D eigenvalue weighted by Crippen LogP contribution is -2.58. The van der Waals surface area contributed by atoms with E-state index in [1.807, 2.05) is 0 Å². The minimum Gasteiger partial charge on any atom is -0.480 e. The molecule has 0 bridgehead atoms. The van der Waals surface area contributed by atoms with Gasteiger partial charge in [0, 0.05) is 12.2 Å². The molecule has 0 aliphatic carbocycles. The van der Waals surface area contributed by atoms with E-state index in [1.165, 1.54) is 0 Å². The van der Waals surface area contributed by atoms with Crippen LogP contribution in [-0.2, 0) is 30.4 Å². The van der Waals surface area contributed by atoms with Gasteiger partial charge >= 0.3 is 5.97 Å². The lowest BCUT2D eigenvalue weighted by atomic mass is 10.0. The zero-order valence-electron chi connectivity index (χ0n) is 18.5. The van der Waals surface area contributed by atoms with Gasteiger partial charge in [-0.25, -0.2) is 4.79 Å². The molecule has 0 fully saturated rings. The average molecular weight is 482 g/mol. The van der Waals surface area contributed by atoms with Crippen molar-refractivity contribution < 1.29 is 29.1 Å². The number of amides is 4. The maximum absolute atomic E-state index is 13.0. The maximum atomic E-state index is 13.0. The number of aliphatic carboxylic acids is 1. The van der Waals surface area contributed by atoms with Crippen LogP contribution in [0.5, 0.6) is 0 Å². The summed E-state index contributed by atoms with van der Waals surface area (Å²) in [7, 11) is 0. The van der Waals surface area contributed by atoms with Crippen molar-refractivity contribution in [2.45, 2.75) is 50.9 Å². The van der Waals surface area contributed by atoms with Gasteiger partial charge < -0.3 is 32.5 Å². The summed E-state index contributed by atoms with van der Waals surface area (Å²) in [5, 5.41) is 16.6. The molecule has 0 heterocycles. The van der Waals surface area contributed by atoms with Crippen LogP contribution in [-0.4, -0.2) is 64.6 Å². The number of nitrogens with one attached hydrogen (secondary N) is 3. The van der Waals surface area contributed by atoms with Crippen molar-refractivity contribution in [2.24, 2.45) is 17.4 Å². The zero-order chi connectivity index (χ0) is 25.1. The molecule has 33 heavy (non-hydrogen) atoms. The number of carbonyl (C=O) groups excluding carboxylic acids is 4. The predicted octanol–water partition coefficient (Wildman–Crippen LogP) is -1.44. The fourth-order valence-corrected chi connectivity index (χ4v) is 3.14. The number of carboxylic acids is 1. The minimum atomic E-state index is -1.25. The summed E-state index contributed by atoms with van der Waals surface area (Å²) in [6.45, 7) is 3.27. The Morgan fingerprint density at radius 3 is 1.97 bits per heavy atom. The Bertz CT molecular complexity index is 851. The number of hydrogen-bond donors (Lipinski definition) is 7. The quantitative estimate of drug-likeness (QED) is 0.168. The highest BCUT2D eigenvalue weighted by Gasteiger charge is 2.31. The first-order valence-electron chi connectivity index (χ1n) is 10.3. The van der Waals surface area contributed by atoms with Crippen molar-refractivity contribution in [1.82, 2.24) is 16.0 Å². The molecule has 0 radical (unpaired) electrons. The van der Waals surface area contributed by atoms with Gasteiger partial charge in [0.15, 0.2) is 0 Å². The number of nitrogens with two attached hydrogens (primary N) is 2. The standard InChI is InChI=1S/C21H31N5O6S/c1-11(2)17(21(31)32)26-20(30)15(10-33)25-19(29)14(8-12-6-4-3-5-7-12)24-18(28)13(22)9-16(23)27/h3-7,11,13-15,17,33H,8-10,22H2,1-2H3,(H2,23,27)(H,24,28)(H,25,29)(H,26,30)(H,31,32). The Kier molecular flexibility index (Phi) is 11.4. The fraction of sp³-hybridized carbons (Fsp3) is 0.476. The van der Waals surface area contributed by atoms with Gasteiger partial charge in [-0.3, -0.25) is 19.2 Å². The van der Waals surface area contributed by atoms with E-state index in [0.717, 1.165) is 5.56 Å². The normalized spacial score (nSPS) is 14.5. The SMILES string of the molecule is CC(C)C(NC(=O)C(CS)NC(=O)C(Cc1ccccc1)NC(=O)C(N)CC(N)=O)C(=O)O. The fourth-order valence-electron chi connectivity index (χ4n) is 2.88. The van der Waals surface area contributed by atoms with E-state index in [0.29, 0.717) is 0 Å². The van der Waals surface area contributed by atoms with Crippen molar-refractivity contribution in [1.29, 1.82) is 0 Å². The van der Waals surface area contributed by atoms with Crippen LogP contribution in [0.1, 0.15) is 25.8 Å². The average Bonchev–Trinajstić information content (AvgIpc) is 2.74. The van der Waals surface area contributed by atoms with Crippen molar-refractivity contribution >= 4 is 42.2 Å². The van der Waals surface area contributed by atoms with E-state index >= 15 is 0 Å². The smallest absolute Gasteiger partial charge is 0.326 e. The first kappa shape index (κ1) is 27.9. The third-order valence-corrected chi connectivity index (χ3v) is 5.08. The molecule has 0 aromatic heterocycles. The molecule has 4 atom stereocenters. The van der Waals surface area contributed by atoms with E-state index in [4.69, 9.17) is 11.5 Å². The summed E-state index contributed by atoms with van der Waals surface area (Å²) in [6.07, 6.45) is -0.328. The van der Waals surface area contributed by atoms with E-state index < -0.39 is 60.2 Å². The minimum absolute atomic E-state index is 0.0758. The predicted molar refractivity (Wildman–Crippen MR) is 124 cm³/mol. The Morgan fingerprint density at radius 1 is 0.939 bits per heavy atom. The zero-order valence-corrected chi connectivity index (χ0v) is 19.4. The molecule has 1 aromatic carbocycles. The van der Waals surface area contributed by atoms with Crippen molar-refractivity contribution in [3.05, 3.63) is 35.9 Å². The van der Waals surface area contributed by atoms with E-state index in [-0.39, 0.29) is 18.1 Å². The monoisotopic (exact) mass is 481 g/mol. The maximum Gasteiger partial charge on any atom is 0.326 e. The van der Waals surface area contributed by atoms with Gasteiger partial charge in [0.25, 0.3) is 0 Å². The molecule has 8 N–H and O–H groups in total. The van der Waals surface area contributed by atoms with Gasteiger partial charge in [-0.1, -0.05) is 44.2 Å². The van der Waals surface area contributed by atoms with Crippen LogP contribution in [0.2, 0.25) is 0 Å². The lowest BCUT2D eigenvalue weighted by molar-refractivity contribution is -0.143. The van der Waals surface area contributed by atoms with Crippen molar-refractivity contribution in [3.63, 3.8) is 0 Å². The summed E-state index contributed by atoms with van der Waals surface area (Å²) in [4.78, 5) is 60.3. The van der Waals surface area contributed by atoms with Gasteiger partial charge in [-0.05, 0) is 11.5 Å². The van der Waals surface area contributed by atoms with Gasteiger partial charge in [0.2, 0.25) is 23.6 Å². The summed E-state index contributed by atoms with van der Waals surface area (Å²) >= 11 is 4.08. The van der Waals surface area contributed by atoms with Gasteiger partial charge in [0.1, 0.15) is 18.1 Å². The lowest BCUT2D eigenvalue weighted by Gasteiger charge is -2.25. The van der Waals surface area contributed by atoms with Gasteiger partial charge in [-0.2, -0.15) is 12.6 Å². The molecule has 182 valence electrons. The Labute approximate surface area is 197 Å². The second kappa shape index (κ2) is 13.4.